The molecule has 0 aliphatic rings. The van der Waals surface area contributed by atoms with E-state index >= 15 is 0 Å². The van der Waals surface area contributed by atoms with Gasteiger partial charge >= 0.3 is 6.18 Å². The van der Waals surface area contributed by atoms with E-state index in [1.54, 1.807) is 30.3 Å². The predicted octanol–water partition coefficient (Wildman–Crippen LogP) is 5.10. The number of nitrogens with zero attached hydrogens (tertiary/aromatic N) is 2. The molecule has 12 heteroatoms. The molecule has 3 aromatic carbocycles. The lowest BCUT2D eigenvalue weighted by Gasteiger charge is -2.32. The highest BCUT2D eigenvalue weighted by Crippen LogP contribution is 2.33. The molecule has 0 aromatic heterocycles. The molecule has 2 amide bonds. The van der Waals surface area contributed by atoms with Crippen LogP contribution in [0.2, 0.25) is 0 Å². The van der Waals surface area contributed by atoms with Gasteiger partial charge in [0.15, 0.2) is 0 Å². The highest BCUT2D eigenvalue weighted by atomic mass is 32.2. The van der Waals surface area contributed by atoms with E-state index in [2.05, 4.69) is 5.32 Å². The predicted molar refractivity (Wildman–Crippen MR) is 153 cm³/mol. The van der Waals surface area contributed by atoms with Crippen molar-refractivity contribution in [3.8, 4) is 5.75 Å². The average molecular weight is 606 g/mol. The number of hydrogen-bond donors (Lipinski definition) is 1. The zero-order valence-corrected chi connectivity index (χ0v) is 24.6. The molecule has 1 unspecified atom stereocenters. The van der Waals surface area contributed by atoms with E-state index in [1.165, 1.54) is 49.3 Å². The number of alkyl halides is 3. The first-order valence-corrected chi connectivity index (χ1v) is 14.6. The Morgan fingerprint density at radius 1 is 0.929 bits per heavy atom. The Kier molecular flexibility index (Phi) is 10.6. The Morgan fingerprint density at radius 3 is 2.14 bits per heavy atom. The smallest absolute Gasteiger partial charge is 0.416 e. The van der Waals surface area contributed by atoms with Crippen LogP contribution in [0, 0.1) is 5.92 Å². The molecule has 0 aliphatic heterocycles. The number of sulfonamides is 1. The number of carbonyl (C=O) groups excluding carboxylic acids is 2. The van der Waals surface area contributed by atoms with E-state index in [9.17, 15) is 31.2 Å². The second-order valence-corrected chi connectivity index (χ2v) is 11.9. The van der Waals surface area contributed by atoms with E-state index in [-0.39, 0.29) is 23.0 Å². The number of benzene rings is 3. The van der Waals surface area contributed by atoms with E-state index in [1.807, 2.05) is 13.8 Å². The van der Waals surface area contributed by atoms with Gasteiger partial charge in [0.2, 0.25) is 11.8 Å². The quantitative estimate of drug-likeness (QED) is 0.310. The molecule has 0 saturated carbocycles. The summed E-state index contributed by atoms with van der Waals surface area (Å²) in [6.07, 6.45) is -4.74. The van der Waals surface area contributed by atoms with Gasteiger partial charge in [-0.3, -0.25) is 13.9 Å². The van der Waals surface area contributed by atoms with Crippen molar-refractivity contribution in [3.63, 3.8) is 0 Å². The normalized spacial score (nSPS) is 12.5. The highest BCUT2D eigenvalue weighted by molar-refractivity contribution is 7.92. The third-order valence-electron chi connectivity index (χ3n) is 6.44. The minimum atomic E-state index is -4.74. The number of nitrogens with one attached hydrogen (secondary N) is 1. The van der Waals surface area contributed by atoms with E-state index < -0.39 is 46.2 Å². The minimum Gasteiger partial charge on any atom is -0.497 e. The van der Waals surface area contributed by atoms with Crippen LogP contribution in [0.15, 0.2) is 83.8 Å². The zero-order chi connectivity index (χ0) is 31.1. The SMILES string of the molecule is COc1ccc(CN(C(=O)CN(c2cccc(C(F)(F)F)c2)S(=O)(=O)c2ccccc2)C(C)C(=O)NCC(C)C)cc1. The summed E-state index contributed by atoms with van der Waals surface area (Å²) < 4.78 is 74.0. The van der Waals surface area contributed by atoms with Gasteiger partial charge in [0.05, 0.1) is 23.3 Å². The molecule has 226 valence electrons. The van der Waals surface area contributed by atoms with Gasteiger partial charge in [0, 0.05) is 13.1 Å². The average Bonchev–Trinajstić information content (AvgIpc) is 2.97. The van der Waals surface area contributed by atoms with Gasteiger partial charge in [-0.2, -0.15) is 13.2 Å². The standard InChI is InChI=1S/C30H34F3N3O5S/c1-21(2)18-34-29(38)22(3)35(19-23-13-15-26(41-4)16-14-23)28(37)20-36(42(39,40)27-11-6-5-7-12-27)25-10-8-9-24(17-25)30(31,32)33/h5-17,21-22H,18-20H2,1-4H3,(H,34,38). The summed E-state index contributed by atoms with van der Waals surface area (Å²) in [7, 11) is -2.99. The second kappa shape index (κ2) is 13.7. The molecule has 8 nitrogen and oxygen atoms in total. The van der Waals surface area contributed by atoms with Crippen molar-refractivity contribution in [2.75, 3.05) is 24.5 Å². The first-order chi connectivity index (χ1) is 19.7. The molecular formula is C30H34F3N3O5S. The van der Waals surface area contributed by atoms with Crippen LogP contribution >= 0.6 is 0 Å². The number of anilines is 1. The third kappa shape index (κ3) is 8.25. The molecule has 0 heterocycles. The van der Waals surface area contributed by atoms with Crippen LogP contribution in [-0.2, 0) is 32.3 Å². The largest absolute Gasteiger partial charge is 0.497 e. The lowest BCUT2D eigenvalue weighted by atomic mass is 10.1. The molecule has 42 heavy (non-hydrogen) atoms. The summed E-state index contributed by atoms with van der Waals surface area (Å²) in [5.41, 5.74) is -0.787. The maximum Gasteiger partial charge on any atom is 0.416 e. The number of amides is 2. The van der Waals surface area contributed by atoms with Gasteiger partial charge in [-0.1, -0.05) is 50.2 Å². The van der Waals surface area contributed by atoms with Crippen molar-refractivity contribution in [1.82, 2.24) is 10.2 Å². The zero-order valence-electron chi connectivity index (χ0n) is 23.8. The molecule has 1 N–H and O–H groups in total. The fourth-order valence-corrected chi connectivity index (χ4v) is 5.48. The van der Waals surface area contributed by atoms with Crippen molar-refractivity contribution in [2.24, 2.45) is 5.92 Å². The summed E-state index contributed by atoms with van der Waals surface area (Å²) in [5.74, 6) is -0.527. The molecule has 0 fully saturated rings. The number of ether oxygens (including phenoxy) is 1. The van der Waals surface area contributed by atoms with Crippen LogP contribution in [0.1, 0.15) is 31.9 Å². The lowest BCUT2D eigenvalue weighted by molar-refractivity contribution is -0.139. The molecule has 3 aromatic rings. The number of carbonyl (C=O) groups is 2. The van der Waals surface area contributed by atoms with Crippen molar-refractivity contribution >= 4 is 27.5 Å². The Labute approximate surface area is 244 Å². The van der Waals surface area contributed by atoms with Crippen LogP contribution in [0.5, 0.6) is 5.75 Å². The van der Waals surface area contributed by atoms with Crippen LogP contribution in [0.25, 0.3) is 0 Å². The topological polar surface area (TPSA) is 96.0 Å². The molecule has 0 spiro atoms. The van der Waals surface area contributed by atoms with E-state index in [0.29, 0.717) is 28.2 Å². The molecule has 0 saturated heterocycles. The molecule has 0 aliphatic carbocycles. The lowest BCUT2D eigenvalue weighted by Crippen LogP contribution is -2.51. The van der Waals surface area contributed by atoms with Crippen molar-refractivity contribution in [2.45, 2.75) is 44.4 Å². The number of hydrogen-bond acceptors (Lipinski definition) is 5. The van der Waals surface area contributed by atoms with Crippen molar-refractivity contribution < 1.29 is 35.9 Å². The highest BCUT2D eigenvalue weighted by Gasteiger charge is 2.35. The molecule has 1 atom stereocenters. The summed E-state index contributed by atoms with van der Waals surface area (Å²) >= 11 is 0. The number of methoxy groups -OCH3 is 1. The van der Waals surface area contributed by atoms with Gasteiger partial charge in [0.1, 0.15) is 18.3 Å². The summed E-state index contributed by atoms with van der Waals surface area (Å²) in [6.45, 7) is 4.76. The first kappa shape index (κ1) is 32.5. The fraction of sp³-hybridized carbons (Fsp3) is 0.333. The van der Waals surface area contributed by atoms with Crippen LogP contribution in [0.3, 0.4) is 0 Å². The maximum atomic E-state index is 13.9. The Balaban J connectivity index is 2.05. The monoisotopic (exact) mass is 605 g/mol. The minimum absolute atomic E-state index is 0.0685. The Hall–Kier alpha value is -4.06. The summed E-state index contributed by atoms with van der Waals surface area (Å²) in [5, 5.41) is 2.78. The second-order valence-electron chi connectivity index (χ2n) is 10.1. The molecule has 0 bridgehead atoms. The van der Waals surface area contributed by atoms with Crippen LogP contribution in [-0.4, -0.2) is 51.4 Å². The van der Waals surface area contributed by atoms with E-state index in [4.69, 9.17) is 4.74 Å². The molecule has 3 rings (SSSR count). The summed E-state index contributed by atoms with van der Waals surface area (Å²) in [6, 6.07) is 16.6. The molecule has 0 radical (unpaired) electrons. The van der Waals surface area contributed by atoms with Crippen LogP contribution < -0.4 is 14.4 Å². The Bertz CT molecular complexity index is 1460. The van der Waals surface area contributed by atoms with Crippen molar-refractivity contribution in [3.05, 3.63) is 90.0 Å². The fourth-order valence-electron chi connectivity index (χ4n) is 4.05. The number of halogens is 3. The van der Waals surface area contributed by atoms with Gasteiger partial charge in [-0.15, -0.1) is 0 Å². The van der Waals surface area contributed by atoms with Gasteiger partial charge in [0.25, 0.3) is 10.0 Å². The Morgan fingerprint density at radius 2 is 1.57 bits per heavy atom. The third-order valence-corrected chi connectivity index (χ3v) is 8.22. The molecular weight excluding hydrogens is 571 g/mol. The van der Waals surface area contributed by atoms with Gasteiger partial charge < -0.3 is 15.0 Å². The van der Waals surface area contributed by atoms with Gasteiger partial charge in [-0.25, -0.2) is 8.42 Å². The first-order valence-electron chi connectivity index (χ1n) is 13.2. The van der Waals surface area contributed by atoms with E-state index in [0.717, 1.165) is 12.1 Å². The van der Waals surface area contributed by atoms with Gasteiger partial charge in [-0.05, 0) is 60.9 Å². The number of rotatable bonds is 12. The maximum absolute atomic E-state index is 13.9. The van der Waals surface area contributed by atoms with Crippen molar-refractivity contribution in [1.29, 1.82) is 0 Å². The summed E-state index contributed by atoms with van der Waals surface area (Å²) in [4.78, 5) is 27.9. The van der Waals surface area contributed by atoms with Crippen LogP contribution in [0.4, 0.5) is 18.9 Å².